The Kier molecular flexibility index (Phi) is 4.97. The van der Waals surface area contributed by atoms with E-state index < -0.39 is 0 Å². The zero-order chi connectivity index (χ0) is 18.8. The monoisotopic (exact) mass is 361 g/mol. The van der Waals surface area contributed by atoms with Crippen molar-refractivity contribution < 1.29 is 4.79 Å². The number of benzene rings is 2. The second-order valence-corrected chi connectivity index (χ2v) is 7.56. The first-order chi connectivity index (χ1) is 13.2. The van der Waals surface area contributed by atoms with Crippen LogP contribution in [0.15, 0.2) is 48.5 Å². The van der Waals surface area contributed by atoms with Gasteiger partial charge in [-0.15, -0.1) is 0 Å². The molecule has 1 saturated heterocycles. The third-order valence-corrected chi connectivity index (χ3v) is 5.47. The lowest BCUT2D eigenvalue weighted by atomic mass is 10.1. The van der Waals surface area contributed by atoms with Gasteiger partial charge >= 0.3 is 0 Å². The van der Waals surface area contributed by atoms with Crippen molar-refractivity contribution in [3.63, 3.8) is 0 Å². The van der Waals surface area contributed by atoms with Gasteiger partial charge in [-0.05, 0) is 43.2 Å². The fourth-order valence-corrected chi connectivity index (χ4v) is 4.09. The number of aromatic nitrogens is 2. The first-order valence-electron chi connectivity index (χ1n) is 9.99. The highest BCUT2D eigenvalue weighted by Gasteiger charge is 2.34. The molecule has 0 unspecified atom stereocenters. The highest BCUT2D eigenvalue weighted by atomic mass is 16.2. The van der Waals surface area contributed by atoms with Crippen LogP contribution in [0.1, 0.15) is 49.9 Å². The van der Waals surface area contributed by atoms with Crippen LogP contribution in [-0.2, 0) is 11.3 Å². The van der Waals surface area contributed by atoms with Crippen molar-refractivity contribution in [3.05, 3.63) is 59.9 Å². The van der Waals surface area contributed by atoms with Gasteiger partial charge in [-0.1, -0.05) is 44.0 Å². The largest absolute Gasteiger partial charge is 0.328 e. The number of hydrogen-bond acceptors (Lipinski definition) is 2. The summed E-state index contributed by atoms with van der Waals surface area (Å²) in [5.74, 6) is 1.40. The molecule has 4 rings (SSSR count). The number of anilines is 1. The molecule has 0 bridgehead atoms. The molecule has 0 N–H and O–H groups in total. The van der Waals surface area contributed by atoms with Crippen LogP contribution < -0.4 is 4.90 Å². The molecule has 1 aliphatic rings. The van der Waals surface area contributed by atoms with Crippen LogP contribution in [0.5, 0.6) is 0 Å². The highest BCUT2D eigenvalue weighted by molar-refractivity contribution is 5.96. The molecule has 0 saturated carbocycles. The van der Waals surface area contributed by atoms with Crippen LogP contribution in [0, 0.1) is 6.92 Å². The predicted octanol–water partition coefficient (Wildman–Crippen LogP) is 5.06. The van der Waals surface area contributed by atoms with E-state index in [4.69, 9.17) is 4.98 Å². The molecule has 27 heavy (non-hydrogen) atoms. The van der Waals surface area contributed by atoms with E-state index in [1.54, 1.807) is 0 Å². The maximum atomic E-state index is 12.7. The van der Waals surface area contributed by atoms with Gasteiger partial charge in [0.05, 0.1) is 11.0 Å². The first-order valence-corrected chi connectivity index (χ1v) is 9.99. The molecule has 1 aromatic heterocycles. The van der Waals surface area contributed by atoms with E-state index in [1.165, 1.54) is 23.9 Å². The summed E-state index contributed by atoms with van der Waals surface area (Å²) in [6.45, 7) is 5.97. The summed E-state index contributed by atoms with van der Waals surface area (Å²) in [4.78, 5) is 19.6. The number of imidazole rings is 1. The Balaban J connectivity index is 1.66. The van der Waals surface area contributed by atoms with Crippen molar-refractivity contribution in [2.75, 3.05) is 11.4 Å². The standard InChI is InChI=1S/C23H27N3O/c1-3-4-7-13-25-21-12-6-5-11-20(21)24-23(25)18-15-22(27)26(16-18)19-10-8-9-17(2)14-19/h5-6,8-12,14,18H,3-4,7,13,15-16H2,1-2H3/t18-/m1/s1. The molecule has 0 spiro atoms. The lowest BCUT2D eigenvalue weighted by Crippen LogP contribution is -2.24. The van der Waals surface area contributed by atoms with Crippen molar-refractivity contribution in [2.45, 2.75) is 52.0 Å². The van der Waals surface area contributed by atoms with E-state index in [0.717, 1.165) is 30.0 Å². The minimum atomic E-state index is 0.145. The number of para-hydroxylation sites is 2. The lowest BCUT2D eigenvalue weighted by Gasteiger charge is -2.18. The van der Waals surface area contributed by atoms with Gasteiger partial charge in [0.2, 0.25) is 5.91 Å². The molecular weight excluding hydrogens is 334 g/mol. The summed E-state index contributed by atoms with van der Waals surface area (Å²) in [5, 5.41) is 0. The van der Waals surface area contributed by atoms with Gasteiger partial charge in [0, 0.05) is 31.1 Å². The first kappa shape index (κ1) is 17.8. The maximum absolute atomic E-state index is 12.7. The van der Waals surface area contributed by atoms with E-state index in [-0.39, 0.29) is 11.8 Å². The van der Waals surface area contributed by atoms with E-state index in [2.05, 4.69) is 48.7 Å². The van der Waals surface area contributed by atoms with Gasteiger partial charge in [-0.25, -0.2) is 4.98 Å². The molecule has 3 aromatic rings. The predicted molar refractivity (Wildman–Crippen MR) is 110 cm³/mol. The van der Waals surface area contributed by atoms with Crippen molar-refractivity contribution in [3.8, 4) is 0 Å². The molecule has 2 aromatic carbocycles. The quantitative estimate of drug-likeness (QED) is 0.576. The SMILES string of the molecule is CCCCCn1c([C@@H]2CC(=O)N(c3cccc(C)c3)C2)nc2ccccc21. The van der Waals surface area contributed by atoms with E-state index >= 15 is 0 Å². The topological polar surface area (TPSA) is 38.1 Å². The molecule has 4 heteroatoms. The maximum Gasteiger partial charge on any atom is 0.227 e. The van der Waals surface area contributed by atoms with Crippen LogP contribution in [0.3, 0.4) is 0 Å². The Morgan fingerprint density at radius 1 is 1.11 bits per heavy atom. The van der Waals surface area contributed by atoms with Gasteiger partial charge in [-0.3, -0.25) is 4.79 Å². The number of carbonyl (C=O) groups excluding carboxylic acids is 1. The molecule has 1 aliphatic heterocycles. The molecule has 1 amide bonds. The summed E-state index contributed by atoms with van der Waals surface area (Å²) in [7, 11) is 0. The zero-order valence-corrected chi connectivity index (χ0v) is 16.2. The Labute approximate surface area is 160 Å². The molecule has 2 heterocycles. The Morgan fingerprint density at radius 3 is 2.78 bits per heavy atom. The average Bonchev–Trinajstić information content (AvgIpc) is 3.23. The number of carbonyl (C=O) groups is 1. The highest BCUT2D eigenvalue weighted by Crippen LogP contribution is 2.33. The molecule has 4 nitrogen and oxygen atoms in total. The molecule has 1 fully saturated rings. The lowest BCUT2D eigenvalue weighted by molar-refractivity contribution is -0.117. The van der Waals surface area contributed by atoms with Crippen LogP contribution in [0.4, 0.5) is 5.69 Å². The minimum Gasteiger partial charge on any atom is -0.328 e. The summed E-state index contributed by atoms with van der Waals surface area (Å²) >= 11 is 0. The minimum absolute atomic E-state index is 0.145. The van der Waals surface area contributed by atoms with Gasteiger partial charge < -0.3 is 9.47 Å². The number of amides is 1. The number of rotatable bonds is 6. The third-order valence-electron chi connectivity index (χ3n) is 5.47. The smallest absolute Gasteiger partial charge is 0.227 e. The average molecular weight is 361 g/mol. The second-order valence-electron chi connectivity index (χ2n) is 7.56. The normalized spacial score (nSPS) is 17.2. The van der Waals surface area contributed by atoms with Crippen LogP contribution >= 0.6 is 0 Å². The van der Waals surface area contributed by atoms with Gasteiger partial charge in [0.1, 0.15) is 5.82 Å². The Hall–Kier alpha value is -2.62. The number of unbranched alkanes of at least 4 members (excludes halogenated alkanes) is 2. The second kappa shape index (κ2) is 7.55. The number of fused-ring (bicyclic) bond motifs is 1. The Morgan fingerprint density at radius 2 is 1.96 bits per heavy atom. The van der Waals surface area contributed by atoms with E-state index in [9.17, 15) is 4.79 Å². The fraction of sp³-hybridized carbons (Fsp3) is 0.391. The number of nitrogens with zero attached hydrogens (tertiary/aromatic N) is 3. The molecule has 0 aliphatic carbocycles. The van der Waals surface area contributed by atoms with E-state index in [1.807, 2.05) is 23.1 Å². The third kappa shape index (κ3) is 3.48. The number of hydrogen-bond donors (Lipinski definition) is 0. The molecular formula is C23H27N3O. The zero-order valence-electron chi connectivity index (χ0n) is 16.2. The summed E-state index contributed by atoms with van der Waals surface area (Å²) in [6, 6.07) is 16.5. The molecule has 1 atom stereocenters. The number of aryl methyl sites for hydroxylation is 2. The Bertz CT molecular complexity index is 959. The van der Waals surface area contributed by atoms with Crippen molar-refractivity contribution in [1.29, 1.82) is 0 Å². The summed E-state index contributed by atoms with van der Waals surface area (Å²) in [5.41, 5.74) is 4.39. The van der Waals surface area contributed by atoms with E-state index in [0.29, 0.717) is 13.0 Å². The van der Waals surface area contributed by atoms with Crippen LogP contribution in [-0.4, -0.2) is 22.0 Å². The van der Waals surface area contributed by atoms with Gasteiger partial charge in [0.15, 0.2) is 0 Å². The van der Waals surface area contributed by atoms with Gasteiger partial charge in [-0.2, -0.15) is 0 Å². The van der Waals surface area contributed by atoms with Crippen molar-refractivity contribution >= 4 is 22.6 Å². The van der Waals surface area contributed by atoms with Crippen LogP contribution in [0.2, 0.25) is 0 Å². The molecule has 0 radical (unpaired) electrons. The van der Waals surface area contributed by atoms with Crippen molar-refractivity contribution in [1.82, 2.24) is 9.55 Å². The van der Waals surface area contributed by atoms with Gasteiger partial charge in [0.25, 0.3) is 0 Å². The van der Waals surface area contributed by atoms with Crippen LogP contribution in [0.25, 0.3) is 11.0 Å². The summed E-state index contributed by atoms with van der Waals surface area (Å²) in [6.07, 6.45) is 4.09. The summed E-state index contributed by atoms with van der Waals surface area (Å²) < 4.78 is 2.35. The molecule has 140 valence electrons. The fourth-order valence-electron chi connectivity index (χ4n) is 4.09. The van der Waals surface area contributed by atoms with Crippen molar-refractivity contribution in [2.24, 2.45) is 0 Å².